The summed E-state index contributed by atoms with van der Waals surface area (Å²) in [5, 5.41) is 6.68. The Morgan fingerprint density at radius 1 is 0.676 bits per heavy atom. The molecule has 0 N–H and O–H groups in total. The molecule has 0 aliphatic heterocycles. The highest BCUT2D eigenvalue weighted by molar-refractivity contribution is 14.1. The van der Waals surface area contributed by atoms with Crippen molar-refractivity contribution in [1.82, 2.24) is 11.7 Å². The predicted molar refractivity (Wildman–Crippen MR) is 163 cm³/mol. The van der Waals surface area contributed by atoms with Gasteiger partial charge in [-0.25, -0.2) is 0 Å². The standard InChI is InChI=1S/C33H22IN3/c1-33(2)24-13-7-6-11-22(24)27-23-12-8-14-25-28(23)29-26(37(25)34)16-15-20-21-17-18-35(19-9-4-3-5-10-19)32(21)36(30(20)29)31(27)33/h3-18H,1-2H3. The number of nitrogens with zero attached hydrogens (tertiary/aromatic N) is 3. The molecule has 4 heteroatoms. The molecule has 1 aliphatic rings. The van der Waals surface area contributed by atoms with Crippen LogP contribution in [0.25, 0.3) is 65.9 Å². The Balaban J connectivity index is 1.69. The third kappa shape index (κ3) is 2.22. The number of halogens is 1. The molecule has 0 saturated carbocycles. The molecule has 0 bridgehead atoms. The third-order valence-electron chi connectivity index (χ3n) is 8.68. The van der Waals surface area contributed by atoms with Crippen molar-refractivity contribution in [1.29, 1.82) is 0 Å². The summed E-state index contributed by atoms with van der Waals surface area (Å²) in [5.74, 6) is 0. The Bertz CT molecular complexity index is 2220. The van der Waals surface area contributed by atoms with E-state index in [1.807, 2.05) is 0 Å². The topological polar surface area (TPSA) is 14.3 Å². The van der Waals surface area contributed by atoms with Crippen LogP contribution in [0.5, 0.6) is 0 Å². The number of hydrogen-bond acceptors (Lipinski definition) is 0. The summed E-state index contributed by atoms with van der Waals surface area (Å²) < 4.78 is 7.33. The first-order valence-corrected chi connectivity index (χ1v) is 13.7. The number of para-hydroxylation sites is 1. The fourth-order valence-corrected chi connectivity index (χ4v) is 8.01. The van der Waals surface area contributed by atoms with Crippen LogP contribution >= 0.6 is 22.9 Å². The quantitative estimate of drug-likeness (QED) is 0.170. The van der Waals surface area contributed by atoms with Crippen molar-refractivity contribution in [3.05, 3.63) is 108 Å². The van der Waals surface area contributed by atoms with Crippen LogP contribution in [0.3, 0.4) is 0 Å². The number of benzene rings is 4. The Morgan fingerprint density at radius 3 is 2.32 bits per heavy atom. The molecule has 37 heavy (non-hydrogen) atoms. The third-order valence-corrected chi connectivity index (χ3v) is 9.72. The zero-order chi connectivity index (χ0) is 24.6. The first-order valence-electron chi connectivity index (χ1n) is 12.8. The van der Waals surface area contributed by atoms with E-state index in [0.29, 0.717) is 0 Å². The summed E-state index contributed by atoms with van der Waals surface area (Å²) >= 11 is 2.48. The second-order valence-corrected chi connectivity index (χ2v) is 11.8. The van der Waals surface area contributed by atoms with Crippen molar-refractivity contribution in [3.63, 3.8) is 0 Å². The van der Waals surface area contributed by atoms with E-state index < -0.39 is 0 Å². The fraction of sp³-hybridized carbons (Fsp3) is 0.0909. The SMILES string of the molecule is CC1(C)c2ccccc2-c2c1n1c3c(ccc4c3c3c2cccc3n4I)c2ccn(-c3ccccc3)c21. The Morgan fingerprint density at radius 2 is 1.46 bits per heavy atom. The van der Waals surface area contributed by atoms with Gasteiger partial charge in [0.15, 0.2) is 0 Å². The summed E-state index contributed by atoms with van der Waals surface area (Å²) in [6.45, 7) is 4.80. The highest BCUT2D eigenvalue weighted by Crippen LogP contribution is 2.54. The average Bonchev–Trinajstić information content (AvgIpc) is 3.60. The lowest BCUT2D eigenvalue weighted by atomic mass is 9.85. The zero-order valence-corrected chi connectivity index (χ0v) is 22.6. The van der Waals surface area contributed by atoms with Crippen LogP contribution in [-0.4, -0.2) is 11.7 Å². The Hall–Kier alpha value is -3.77. The van der Waals surface area contributed by atoms with Gasteiger partial charge in [-0.2, -0.15) is 0 Å². The summed E-state index contributed by atoms with van der Waals surface area (Å²) in [6, 6.07) is 33.5. The Labute approximate surface area is 227 Å². The molecular formula is C33H22IN3. The molecule has 0 atom stereocenters. The second-order valence-electron chi connectivity index (χ2n) is 10.8. The molecule has 3 nitrogen and oxygen atoms in total. The van der Waals surface area contributed by atoms with Gasteiger partial charge >= 0.3 is 0 Å². The van der Waals surface area contributed by atoms with E-state index in [1.165, 1.54) is 77.2 Å². The molecule has 4 aromatic carbocycles. The number of rotatable bonds is 1. The van der Waals surface area contributed by atoms with Crippen molar-refractivity contribution >= 4 is 72.0 Å². The van der Waals surface area contributed by atoms with Gasteiger partial charge in [-0.15, -0.1) is 0 Å². The van der Waals surface area contributed by atoms with Crippen molar-refractivity contribution < 1.29 is 0 Å². The summed E-state index contributed by atoms with van der Waals surface area (Å²) in [5.41, 5.74) is 11.6. The van der Waals surface area contributed by atoms with Gasteiger partial charge in [0.25, 0.3) is 0 Å². The molecule has 0 unspecified atom stereocenters. The van der Waals surface area contributed by atoms with E-state index in [9.17, 15) is 0 Å². The molecular weight excluding hydrogens is 565 g/mol. The van der Waals surface area contributed by atoms with E-state index in [2.05, 4.69) is 146 Å². The molecule has 176 valence electrons. The molecule has 4 heterocycles. The smallest absolute Gasteiger partial charge is 0.130 e. The fourth-order valence-electron chi connectivity index (χ4n) is 7.21. The monoisotopic (exact) mass is 587 g/mol. The van der Waals surface area contributed by atoms with Gasteiger partial charge in [-0.1, -0.05) is 68.4 Å². The summed E-state index contributed by atoms with van der Waals surface area (Å²) in [6.07, 6.45) is 2.24. The minimum absolute atomic E-state index is 0.162. The van der Waals surface area contributed by atoms with E-state index in [1.54, 1.807) is 0 Å². The molecule has 4 aromatic heterocycles. The predicted octanol–water partition coefficient (Wildman–Crippen LogP) is 9.09. The highest BCUT2D eigenvalue weighted by atomic mass is 127. The molecule has 0 fully saturated rings. The Kier molecular flexibility index (Phi) is 3.60. The summed E-state index contributed by atoms with van der Waals surface area (Å²) in [7, 11) is 0. The van der Waals surface area contributed by atoms with Crippen molar-refractivity contribution in [2.24, 2.45) is 0 Å². The normalized spacial score (nSPS) is 14.6. The lowest BCUT2D eigenvalue weighted by molar-refractivity contribution is 0.631. The van der Waals surface area contributed by atoms with Crippen molar-refractivity contribution in [2.45, 2.75) is 19.3 Å². The van der Waals surface area contributed by atoms with E-state index in [4.69, 9.17) is 0 Å². The maximum Gasteiger partial charge on any atom is 0.130 e. The number of aromatic nitrogens is 3. The minimum Gasteiger partial charge on any atom is -0.302 e. The zero-order valence-electron chi connectivity index (χ0n) is 20.5. The second kappa shape index (κ2) is 6.56. The van der Waals surface area contributed by atoms with Crippen LogP contribution in [0.1, 0.15) is 25.1 Å². The first-order chi connectivity index (χ1) is 18.1. The largest absolute Gasteiger partial charge is 0.302 e. The van der Waals surface area contributed by atoms with Crippen LogP contribution in [0.4, 0.5) is 0 Å². The van der Waals surface area contributed by atoms with E-state index in [0.717, 1.165) is 0 Å². The molecule has 0 radical (unpaired) electrons. The first kappa shape index (κ1) is 20.3. The van der Waals surface area contributed by atoms with Gasteiger partial charge in [0.05, 0.1) is 39.4 Å². The van der Waals surface area contributed by atoms with E-state index >= 15 is 0 Å². The molecule has 9 rings (SSSR count). The van der Waals surface area contributed by atoms with Gasteiger partial charge in [-0.3, -0.25) is 7.18 Å². The number of fused-ring (bicyclic) bond motifs is 8. The van der Waals surface area contributed by atoms with Gasteiger partial charge in [0, 0.05) is 50.1 Å². The maximum atomic E-state index is 2.62. The molecule has 0 saturated heterocycles. The van der Waals surface area contributed by atoms with Gasteiger partial charge in [-0.05, 0) is 52.9 Å². The molecule has 8 aromatic rings. The van der Waals surface area contributed by atoms with Crippen LogP contribution in [0, 0.1) is 0 Å². The lowest BCUT2D eigenvalue weighted by Crippen LogP contribution is -2.18. The summed E-state index contributed by atoms with van der Waals surface area (Å²) in [4.78, 5) is 0. The molecule has 0 spiro atoms. The number of hydrogen-bond donors (Lipinski definition) is 0. The van der Waals surface area contributed by atoms with Crippen LogP contribution in [0.15, 0.2) is 97.2 Å². The van der Waals surface area contributed by atoms with Crippen molar-refractivity contribution in [3.8, 4) is 16.8 Å². The average molecular weight is 587 g/mol. The minimum atomic E-state index is -0.162. The molecule has 0 amide bonds. The van der Waals surface area contributed by atoms with Crippen LogP contribution in [-0.2, 0) is 5.41 Å². The van der Waals surface area contributed by atoms with Gasteiger partial charge in [0.1, 0.15) is 5.65 Å². The molecule has 1 aliphatic carbocycles. The van der Waals surface area contributed by atoms with Crippen LogP contribution < -0.4 is 0 Å². The van der Waals surface area contributed by atoms with Gasteiger partial charge in [0.2, 0.25) is 0 Å². The maximum absolute atomic E-state index is 2.62. The lowest BCUT2D eigenvalue weighted by Gasteiger charge is -2.23. The van der Waals surface area contributed by atoms with Crippen molar-refractivity contribution in [2.75, 3.05) is 0 Å². The highest BCUT2D eigenvalue weighted by Gasteiger charge is 2.40. The van der Waals surface area contributed by atoms with Gasteiger partial charge < -0.3 is 4.57 Å². The van der Waals surface area contributed by atoms with E-state index in [-0.39, 0.29) is 5.41 Å². The van der Waals surface area contributed by atoms with Crippen LogP contribution in [0.2, 0.25) is 0 Å².